The number of hydrogen-bond acceptors (Lipinski definition) is 3. The summed E-state index contributed by atoms with van der Waals surface area (Å²) in [4.78, 5) is 15.4. The number of rotatable bonds is 17. The fourth-order valence-corrected chi connectivity index (χ4v) is 5.18. The summed E-state index contributed by atoms with van der Waals surface area (Å²) in [5.74, 6) is 0.226. The van der Waals surface area contributed by atoms with Crippen molar-refractivity contribution in [3.8, 4) is 0 Å². The molecule has 1 aliphatic rings. The SMILES string of the molecule is CCCCCCCCCCCCCCCCNc1csc(C(=O)N2CCCCC2)c1. The van der Waals surface area contributed by atoms with E-state index < -0.39 is 0 Å². The lowest BCUT2D eigenvalue weighted by Crippen LogP contribution is -2.35. The van der Waals surface area contributed by atoms with E-state index in [-0.39, 0.29) is 5.91 Å². The minimum atomic E-state index is 0.226. The van der Waals surface area contributed by atoms with E-state index in [0.29, 0.717) is 0 Å². The number of nitrogens with zero attached hydrogens (tertiary/aromatic N) is 1. The summed E-state index contributed by atoms with van der Waals surface area (Å²) in [5, 5.41) is 5.60. The Morgan fingerprint density at radius 3 is 1.93 bits per heavy atom. The summed E-state index contributed by atoms with van der Waals surface area (Å²) < 4.78 is 0. The second-order valence-electron chi connectivity index (χ2n) is 9.08. The van der Waals surface area contributed by atoms with E-state index in [4.69, 9.17) is 0 Å². The van der Waals surface area contributed by atoms with Crippen molar-refractivity contribution in [2.24, 2.45) is 0 Å². The summed E-state index contributed by atoms with van der Waals surface area (Å²) in [5.41, 5.74) is 1.12. The third kappa shape index (κ3) is 10.8. The van der Waals surface area contributed by atoms with Crippen LogP contribution in [0.15, 0.2) is 11.4 Å². The van der Waals surface area contributed by atoms with Gasteiger partial charge in [0.25, 0.3) is 5.91 Å². The number of anilines is 1. The molecule has 0 unspecified atom stereocenters. The topological polar surface area (TPSA) is 32.3 Å². The normalized spacial score (nSPS) is 14.2. The zero-order valence-electron chi connectivity index (χ0n) is 19.6. The van der Waals surface area contributed by atoms with Crippen LogP contribution in [0.5, 0.6) is 0 Å². The van der Waals surface area contributed by atoms with E-state index in [1.807, 2.05) is 11.0 Å². The molecule has 0 saturated carbocycles. The molecule has 4 heteroatoms. The van der Waals surface area contributed by atoms with Gasteiger partial charge in [0.05, 0.1) is 4.88 Å². The lowest BCUT2D eigenvalue weighted by molar-refractivity contribution is 0.0729. The Labute approximate surface area is 190 Å². The Balaban J connectivity index is 1.39. The van der Waals surface area contributed by atoms with E-state index in [1.165, 1.54) is 96.3 Å². The Hall–Kier alpha value is -1.03. The highest BCUT2D eigenvalue weighted by molar-refractivity contribution is 7.12. The van der Waals surface area contributed by atoms with E-state index in [9.17, 15) is 4.79 Å². The fraction of sp³-hybridized carbons (Fsp3) is 0.808. The molecule has 3 nitrogen and oxygen atoms in total. The van der Waals surface area contributed by atoms with Crippen molar-refractivity contribution in [1.82, 2.24) is 4.90 Å². The van der Waals surface area contributed by atoms with Crippen molar-refractivity contribution >= 4 is 22.9 Å². The molecule has 0 atom stereocenters. The number of amides is 1. The molecule has 1 fully saturated rings. The van der Waals surface area contributed by atoms with Crippen LogP contribution in [0.4, 0.5) is 5.69 Å². The highest BCUT2D eigenvalue weighted by Crippen LogP contribution is 2.23. The monoisotopic (exact) mass is 434 g/mol. The number of hydrogen-bond donors (Lipinski definition) is 1. The number of carbonyl (C=O) groups is 1. The van der Waals surface area contributed by atoms with Crippen LogP contribution < -0.4 is 5.32 Å². The van der Waals surface area contributed by atoms with Crippen molar-refractivity contribution in [3.05, 3.63) is 16.3 Å². The molecule has 2 heterocycles. The van der Waals surface area contributed by atoms with Crippen LogP contribution >= 0.6 is 11.3 Å². The Morgan fingerprint density at radius 2 is 1.37 bits per heavy atom. The Morgan fingerprint density at radius 1 is 0.833 bits per heavy atom. The van der Waals surface area contributed by atoms with Crippen LogP contribution in [0.2, 0.25) is 0 Å². The van der Waals surface area contributed by atoms with Crippen LogP contribution in [0.1, 0.15) is 126 Å². The number of unbranched alkanes of at least 4 members (excludes halogenated alkanes) is 13. The lowest BCUT2D eigenvalue weighted by atomic mass is 10.0. The predicted molar refractivity (Wildman–Crippen MR) is 133 cm³/mol. The molecule has 1 saturated heterocycles. The first-order valence-electron chi connectivity index (χ1n) is 12.9. The zero-order valence-corrected chi connectivity index (χ0v) is 20.4. The van der Waals surface area contributed by atoms with Gasteiger partial charge in [-0.3, -0.25) is 4.79 Å². The van der Waals surface area contributed by atoms with Gasteiger partial charge in [-0.15, -0.1) is 11.3 Å². The molecule has 0 aliphatic carbocycles. The molecule has 1 aromatic rings. The molecule has 0 bridgehead atoms. The highest BCUT2D eigenvalue weighted by atomic mass is 32.1. The van der Waals surface area contributed by atoms with Crippen LogP contribution in [-0.2, 0) is 0 Å². The van der Waals surface area contributed by atoms with Crippen molar-refractivity contribution < 1.29 is 4.79 Å². The van der Waals surface area contributed by atoms with Gasteiger partial charge in [-0.25, -0.2) is 0 Å². The van der Waals surface area contributed by atoms with Gasteiger partial charge in [-0.05, 0) is 31.7 Å². The minimum Gasteiger partial charge on any atom is -0.384 e. The second-order valence-corrected chi connectivity index (χ2v) is 9.99. The summed E-state index contributed by atoms with van der Waals surface area (Å²) in [6.07, 6.45) is 23.1. The van der Waals surface area contributed by atoms with Crippen LogP contribution in [-0.4, -0.2) is 30.4 Å². The lowest BCUT2D eigenvalue weighted by Gasteiger charge is -2.26. The molecule has 1 aliphatic heterocycles. The minimum absolute atomic E-state index is 0.226. The average molecular weight is 435 g/mol. The van der Waals surface area contributed by atoms with Gasteiger partial charge < -0.3 is 10.2 Å². The fourth-order valence-electron chi connectivity index (χ4n) is 4.35. The first-order chi connectivity index (χ1) is 14.8. The Bertz CT molecular complexity index is 551. The van der Waals surface area contributed by atoms with Gasteiger partial charge in [0, 0.05) is 30.7 Å². The van der Waals surface area contributed by atoms with Gasteiger partial charge >= 0.3 is 0 Å². The molecule has 0 radical (unpaired) electrons. The number of likely N-dealkylation sites (tertiary alicyclic amines) is 1. The quantitative estimate of drug-likeness (QED) is 0.250. The number of thiophene rings is 1. The molecule has 0 spiro atoms. The number of piperidine rings is 1. The summed E-state index contributed by atoms with van der Waals surface area (Å²) in [6, 6.07) is 2.05. The molecular weight excluding hydrogens is 388 g/mol. The van der Waals surface area contributed by atoms with Gasteiger partial charge in [-0.1, -0.05) is 90.4 Å². The smallest absolute Gasteiger partial charge is 0.263 e. The zero-order chi connectivity index (χ0) is 21.3. The van der Waals surface area contributed by atoms with Gasteiger partial charge in [0.15, 0.2) is 0 Å². The van der Waals surface area contributed by atoms with E-state index in [2.05, 4.69) is 17.6 Å². The molecule has 2 rings (SSSR count). The molecule has 30 heavy (non-hydrogen) atoms. The highest BCUT2D eigenvalue weighted by Gasteiger charge is 2.19. The molecular formula is C26H46N2OS. The summed E-state index contributed by atoms with van der Waals surface area (Å²) in [7, 11) is 0. The van der Waals surface area contributed by atoms with Crippen LogP contribution in [0.25, 0.3) is 0 Å². The third-order valence-electron chi connectivity index (χ3n) is 6.31. The molecule has 1 amide bonds. The van der Waals surface area contributed by atoms with E-state index in [0.717, 1.165) is 43.0 Å². The third-order valence-corrected chi connectivity index (χ3v) is 7.23. The standard InChI is InChI=1S/C26H46N2OS/c1-2-3-4-5-6-7-8-9-10-11-12-13-14-16-19-27-24-22-25(30-23-24)26(29)28-20-17-15-18-21-28/h22-23,27H,2-21H2,1H3. The number of carbonyl (C=O) groups excluding carboxylic acids is 1. The maximum absolute atomic E-state index is 12.5. The number of nitrogens with one attached hydrogen (secondary N) is 1. The Kier molecular flexibility index (Phi) is 14.0. The summed E-state index contributed by atoms with van der Waals surface area (Å²) in [6.45, 7) is 5.17. The van der Waals surface area contributed by atoms with Gasteiger partial charge in [0.1, 0.15) is 0 Å². The molecule has 1 N–H and O–H groups in total. The average Bonchev–Trinajstić information content (AvgIpc) is 3.25. The van der Waals surface area contributed by atoms with Crippen molar-refractivity contribution in [3.63, 3.8) is 0 Å². The van der Waals surface area contributed by atoms with Crippen LogP contribution in [0, 0.1) is 0 Å². The predicted octanol–water partition coefficient (Wildman–Crippen LogP) is 8.27. The molecule has 1 aromatic heterocycles. The van der Waals surface area contributed by atoms with Gasteiger partial charge in [0.2, 0.25) is 0 Å². The van der Waals surface area contributed by atoms with Crippen molar-refractivity contribution in [1.29, 1.82) is 0 Å². The first-order valence-corrected chi connectivity index (χ1v) is 13.8. The van der Waals surface area contributed by atoms with Crippen molar-refractivity contribution in [2.45, 2.75) is 116 Å². The molecule has 0 aromatic carbocycles. The first kappa shape index (κ1) is 25.2. The van der Waals surface area contributed by atoms with E-state index >= 15 is 0 Å². The summed E-state index contributed by atoms with van der Waals surface area (Å²) >= 11 is 1.59. The largest absolute Gasteiger partial charge is 0.384 e. The van der Waals surface area contributed by atoms with Crippen LogP contribution in [0.3, 0.4) is 0 Å². The maximum atomic E-state index is 12.5. The molecule has 172 valence electrons. The van der Waals surface area contributed by atoms with Crippen molar-refractivity contribution in [2.75, 3.05) is 25.0 Å². The maximum Gasteiger partial charge on any atom is 0.263 e. The van der Waals surface area contributed by atoms with E-state index in [1.54, 1.807) is 11.3 Å². The second kappa shape index (κ2) is 16.6. The van der Waals surface area contributed by atoms with Gasteiger partial charge in [-0.2, -0.15) is 0 Å².